The Morgan fingerprint density at radius 2 is 2.42 bits per heavy atom. The van der Waals surface area contributed by atoms with Gasteiger partial charge in [0.15, 0.2) is 0 Å². The molecule has 0 saturated carbocycles. The first-order valence-electron chi connectivity index (χ1n) is 4.93. The zero-order valence-electron chi connectivity index (χ0n) is 7.92. The highest BCUT2D eigenvalue weighted by Gasteiger charge is 2.20. The first-order valence-corrected chi connectivity index (χ1v) is 4.93. The van der Waals surface area contributed by atoms with Crippen molar-refractivity contribution in [3.05, 3.63) is 0 Å². The van der Waals surface area contributed by atoms with Crippen LogP contribution in [0.3, 0.4) is 0 Å². The predicted molar refractivity (Wildman–Crippen MR) is 50.2 cm³/mol. The second kappa shape index (κ2) is 5.51. The van der Waals surface area contributed by atoms with Crippen LogP contribution in [0, 0.1) is 0 Å². The van der Waals surface area contributed by atoms with Gasteiger partial charge in [0, 0.05) is 19.1 Å². The van der Waals surface area contributed by atoms with E-state index in [9.17, 15) is 0 Å². The van der Waals surface area contributed by atoms with Gasteiger partial charge in [-0.2, -0.15) is 0 Å². The van der Waals surface area contributed by atoms with Crippen molar-refractivity contribution in [1.29, 1.82) is 0 Å². The predicted octanol–water partition coefficient (Wildman–Crippen LogP) is 0.0526. The maximum Gasteiger partial charge on any atom is 0.0556 e. The first-order chi connectivity index (χ1) is 5.86. The zero-order chi connectivity index (χ0) is 8.81. The third kappa shape index (κ3) is 3.09. The molecule has 0 aromatic rings. The van der Waals surface area contributed by atoms with Crippen LogP contribution in [0.25, 0.3) is 0 Å². The van der Waals surface area contributed by atoms with Gasteiger partial charge in [-0.05, 0) is 25.9 Å². The van der Waals surface area contributed by atoms with Crippen molar-refractivity contribution >= 4 is 0 Å². The number of aliphatic hydroxyl groups excluding tert-OH is 1. The lowest BCUT2D eigenvalue weighted by Crippen LogP contribution is -2.34. The van der Waals surface area contributed by atoms with Gasteiger partial charge in [-0.3, -0.25) is 0 Å². The topological polar surface area (TPSA) is 35.5 Å². The summed E-state index contributed by atoms with van der Waals surface area (Å²) in [4.78, 5) is 2.48. The van der Waals surface area contributed by atoms with E-state index < -0.39 is 0 Å². The fourth-order valence-corrected chi connectivity index (χ4v) is 1.79. The maximum atomic E-state index is 8.62. The average Bonchev–Trinajstić information content (AvgIpc) is 2.50. The number of rotatable bonds is 5. The molecule has 0 radical (unpaired) electrons. The van der Waals surface area contributed by atoms with Crippen LogP contribution in [0.15, 0.2) is 0 Å². The van der Waals surface area contributed by atoms with Crippen molar-refractivity contribution in [1.82, 2.24) is 10.2 Å². The van der Waals surface area contributed by atoms with E-state index in [0.29, 0.717) is 6.04 Å². The lowest BCUT2D eigenvalue weighted by Gasteiger charge is -2.14. The summed E-state index contributed by atoms with van der Waals surface area (Å²) in [5.41, 5.74) is 0. The van der Waals surface area contributed by atoms with E-state index in [1.54, 1.807) is 0 Å². The first kappa shape index (κ1) is 9.96. The Balaban J connectivity index is 2.08. The molecule has 1 aliphatic rings. The van der Waals surface area contributed by atoms with Gasteiger partial charge in [0.1, 0.15) is 0 Å². The Morgan fingerprint density at radius 1 is 1.58 bits per heavy atom. The summed E-state index contributed by atoms with van der Waals surface area (Å²) >= 11 is 0. The molecule has 0 aliphatic carbocycles. The third-order valence-electron chi connectivity index (χ3n) is 2.36. The Labute approximate surface area is 74.8 Å². The van der Waals surface area contributed by atoms with Crippen LogP contribution in [-0.4, -0.2) is 48.8 Å². The molecule has 1 unspecified atom stereocenters. The fourth-order valence-electron chi connectivity index (χ4n) is 1.79. The summed E-state index contributed by atoms with van der Waals surface area (Å²) in [7, 11) is 0. The number of nitrogens with one attached hydrogen (secondary N) is 1. The monoisotopic (exact) mass is 172 g/mol. The van der Waals surface area contributed by atoms with Gasteiger partial charge in [-0.15, -0.1) is 0 Å². The quantitative estimate of drug-likeness (QED) is 0.615. The molecule has 0 spiro atoms. The van der Waals surface area contributed by atoms with E-state index in [2.05, 4.69) is 17.1 Å². The molecule has 3 heteroatoms. The minimum Gasteiger partial charge on any atom is -0.395 e. The van der Waals surface area contributed by atoms with Crippen molar-refractivity contribution in [2.24, 2.45) is 0 Å². The Hall–Kier alpha value is -0.120. The van der Waals surface area contributed by atoms with Crippen molar-refractivity contribution in [2.45, 2.75) is 25.8 Å². The van der Waals surface area contributed by atoms with E-state index in [0.717, 1.165) is 13.1 Å². The molecular weight excluding hydrogens is 152 g/mol. The highest BCUT2D eigenvalue weighted by molar-refractivity contribution is 4.80. The van der Waals surface area contributed by atoms with Crippen LogP contribution < -0.4 is 5.32 Å². The third-order valence-corrected chi connectivity index (χ3v) is 2.36. The van der Waals surface area contributed by atoms with Gasteiger partial charge in [0.2, 0.25) is 0 Å². The molecule has 1 saturated heterocycles. The second-order valence-corrected chi connectivity index (χ2v) is 3.46. The van der Waals surface area contributed by atoms with Crippen LogP contribution in [-0.2, 0) is 0 Å². The van der Waals surface area contributed by atoms with Gasteiger partial charge in [-0.1, -0.05) is 6.92 Å². The molecule has 1 heterocycles. The molecule has 1 fully saturated rings. The summed E-state index contributed by atoms with van der Waals surface area (Å²) in [6.07, 6.45) is 2.48. The van der Waals surface area contributed by atoms with Gasteiger partial charge >= 0.3 is 0 Å². The number of aliphatic hydroxyl groups is 1. The Kier molecular flexibility index (Phi) is 4.58. The van der Waals surface area contributed by atoms with E-state index in [1.165, 1.54) is 25.9 Å². The molecule has 0 bridgehead atoms. The highest BCUT2D eigenvalue weighted by Crippen LogP contribution is 2.08. The minimum atomic E-state index is 0.254. The van der Waals surface area contributed by atoms with Crippen LogP contribution in [0.5, 0.6) is 0 Å². The number of likely N-dealkylation sites (tertiary alicyclic amines) is 1. The summed E-state index contributed by atoms with van der Waals surface area (Å²) in [6.45, 7) is 6.81. The van der Waals surface area contributed by atoms with Gasteiger partial charge in [0.05, 0.1) is 6.61 Å². The standard InChI is InChI=1S/C9H20N2O/c1-2-5-11-6-3-9(8-11)10-4-7-12/h9-10,12H,2-8H2,1H3. The Morgan fingerprint density at radius 3 is 3.08 bits per heavy atom. The molecule has 12 heavy (non-hydrogen) atoms. The van der Waals surface area contributed by atoms with Crippen LogP contribution in [0.4, 0.5) is 0 Å². The summed E-state index contributed by atoms with van der Waals surface area (Å²) in [5, 5.41) is 11.9. The van der Waals surface area contributed by atoms with E-state index >= 15 is 0 Å². The van der Waals surface area contributed by atoms with Crippen LogP contribution in [0.1, 0.15) is 19.8 Å². The molecule has 0 amide bonds. The number of nitrogens with zero attached hydrogens (tertiary/aromatic N) is 1. The lowest BCUT2D eigenvalue weighted by molar-refractivity contribution is 0.279. The second-order valence-electron chi connectivity index (χ2n) is 3.46. The zero-order valence-corrected chi connectivity index (χ0v) is 7.92. The molecule has 0 aromatic heterocycles. The smallest absolute Gasteiger partial charge is 0.0556 e. The SMILES string of the molecule is CCCN1CCC(NCCO)C1. The van der Waals surface area contributed by atoms with Crippen LogP contribution >= 0.6 is 0 Å². The molecule has 1 atom stereocenters. The van der Waals surface area contributed by atoms with E-state index in [-0.39, 0.29) is 6.61 Å². The van der Waals surface area contributed by atoms with Gasteiger partial charge in [-0.25, -0.2) is 0 Å². The molecule has 2 N–H and O–H groups in total. The molecule has 3 nitrogen and oxygen atoms in total. The minimum absolute atomic E-state index is 0.254. The summed E-state index contributed by atoms with van der Waals surface area (Å²) < 4.78 is 0. The van der Waals surface area contributed by atoms with E-state index in [1.807, 2.05) is 0 Å². The summed E-state index contributed by atoms with van der Waals surface area (Å²) in [5.74, 6) is 0. The summed E-state index contributed by atoms with van der Waals surface area (Å²) in [6, 6.07) is 0.615. The van der Waals surface area contributed by atoms with Gasteiger partial charge < -0.3 is 15.3 Å². The number of hydrogen-bond acceptors (Lipinski definition) is 3. The fraction of sp³-hybridized carbons (Fsp3) is 1.00. The average molecular weight is 172 g/mol. The normalized spacial score (nSPS) is 25.0. The van der Waals surface area contributed by atoms with Crippen molar-refractivity contribution in [3.8, 4) is 0 Å². The number of hydrogen-bond donors (Lipinski definition) is 2. The lowest BCUT2D eigenvalue weighted by atomic mass is 10.3. The van der Waals surface area contributed by atoms with Gasteiger partial charge in [0.25, 0.3) is 0 Å². The molecular formula is C9H20N2O. The molecule has 1 aliphatic heterocycles. The van der Waals surface area contributed by atoms with Crippen molar-refractivity contribution in [2.75, 3.05) is 32.8 Å². The van der Waals surface area contributed by atoms with Crippen molar-refractivity contribution in [3.63, 3.8) is 0 Å². The van der Waals surface area contributed by atoms with E-state index in [4.69, 9.17) is 5.11 Å². The molecule has 72 valence electrons. The Bertz CT molecular complexity index is 119. The van der Waals surface area contributed by atoms with Crippen LogP contribution in [0.2, 0.25) is 0 Å². The maximum absolute atomic E-state index is 8.62. The highest BCUT2D eigenvalue weighted by atomic mass is 16.3. The molecule has 0 aromatic carbocycles. The largest absolute Gasteiger partial charge is 0.395 e. The van der Waals surface area contributed by atoms with Crippen molar-refractivity contribution < 1.29 is 5.11 Å². The molecule has 1 rings (SSSR count).